The zero-order chi connectivity index (χ0) is 13.2. The summed E-state index contributed by atoms with van der Waals surface area (Å²) in [6, 6.07) is 0.686. The zero-order valence-corrected chi connectivity index (χ0v) is 11.9. The fraction of sp³-hybridized carbons (Fsp3) is 0.929. The van der Waals surface area contributed by atoms with Gasteiger partial charge in [-0.2, -0.15) is 0 Å². The van der Waals surface area contributed by atoms with Gasteiger partial charge in [-0.25, -0.2) is 4.79 Å². The van der Waals surface area contributed by atoms with Crippen LogP contribution >= 0.6 is 0 Å². The number of hydrogen-bond donors (Lipinski definition) is 1. The topological polar surface area (TPSA) is 41.6 Å². The fourth-order valence-corrected chi connectivity index (χ4v) is 2.92. The molecule has 2 aliphatic heterocycles. The first-order valence-corrected chi connectivity index (χ1v) is 7.17. The molecule has 18 heavy (non-hydrogen) atoms. The number of hydrogen-bond acceptors (Lipinski definition) is 3. The molecule has 1 atom stereocenters. The van der Waals surface area contributed by atoms with Crippen LogP contribution < -0.4 is 5.32 Å². The zero-order valence-electron chi connectivity index (χ0n) is 11.9. The second-order valence-electron chi connectivity index (χ2n) is 6.51. The number of piperidine rings is 1. The van der Waals surface area contributed by atoms with Crippen LogP contribution in [0.5, 0.6) is 0 Å². The minimum Gasteiger partial charge on any atom is -0.444 e. The van der Waals surface area contributed by atoms with Gasteiger partial charge in [0.2, 0.25) is 0 Å². The number of carbonyl (C=O) groups excluding carboxylic acids is 1. The molecular formula is C14H26N2O2. The number of carbonyl (C=O) groups is 1. The van der Waals surface area contributed by atoms with Gasteiger partial charge in [-0.3, -0.25) is 0 Å². The molecule has 0 aromatic carbocycles. The van der Waals surface area contributed by atoms with Gasteiger partial charge in [0.05, 0.1) is 0 Å². The molecule has 0 saturated carbocycles. The summed E-state index contributed by atoms with van der Waals surface area (Å²) >= 11 is 0. The molecule has 2 aliphatic rings. The summed E-state index contributed by atoms with van der Waals surface area (Å²) in [5.74, 6) is 0.742. The molecular weight excluding hydrogens is 228 g/mol. The number of amides is 1. The highest BCUT2D eigenvalue weighted by Gasteiger charge is 2.31. The molecule has 1 amide bonds. The SMILES string of the molecule is CC(C)(C)OC(=O)N1CCC(C2CCCN2)CC1. The summed E-state index contributed by atoms with van der Waals surface area (Å²) in [4.78, 5) is 13.8. The quantitative estimate of drug-likeness (QED) is 0.781. The van der Waals surface area contributed by atoms with Gasteiger partial charge < -0.3 is 15.0 Å². The third-order valence-corrected chi connectivity index (χ3v) is 3.86. The van der Waals surface area contributed by atoms with Crippen LogP contribution in [0.15, 0.2) is 0 Å². The van der Waals surface area contributed by atoms with Crippen LogP contribution in [0.25, 0.3) is 0 Å². The van der Waals surface area contributed by atoms with Crippen molar-refractivity contribution >= 4 is 6.09 Å². The predicted molar refractivity (Wildman–Crippen MR) is 71.6 cm³/mol. The minimum absolute atomic E-state index is 0.152. The molecule has 1 N–H and O–H groups in total. The molecule has 2 fully saturated rings. The minimum atomic E-state index is -0.388. The van der Waals surface area contributed by atoms with Crippen LogP contribution in [0.3, 0.4) is 0 Å². The Hall–Kier alpha value is -0.770. The molecule has 0 spiro atoms. The lowest BCUT2D eigenvalue weighted by molar-refractivity contribution is 0.0172. The summed E-state index contributed by atoms with van der Waals surface area (Å²) in [5, 5.41) is 3.57. The molecule has 2 saturated heterocycles. The molecule has 0 radical (unpaired) electrons. The van der Waals surface area contributed by atoms with Crippen LogP contribution in [-0.4, -0.2) is 42.3 Å². The van der Waals surface area contributed by atoms with Gasteiger partial charge in [0.15, 0.2) is 0 Å². The van der Waals surface area contributed by atoms with Crippen molar-refractivity contribution in [2.45, 2.75) is 58.1 Å². The van der Waals surface area contributed by atoms with E-state index in [1.54, 1.807) is 0 Å². The Morgan fingerprint density at radius 1 is 1.22 bits per heavy atom. The van der Waals surface area contributed by atoms with Crippen LogP contribution in [0, 0.1) is 5.92 Å². The number of rotatable bonds is 1. The number of nitrogens with one attached hydrogen (secondary N) is 1. The Balaban J connectivity index is 1.77. The standard InChI is InChI=1S/C14H26N2O2/c1-14(2,3)18-13(17)16-9-6-11(7-10-16)12-5-4-8-15-12/h11-12,15H,4-10H2,1-3H3. The van der Waals surface area contributed by atoms with Crippen molar-refractivity contribution in [3.05, 3.63) is 0 Å². The second kappa shape index (κ2) is 5.47. The second-order valence-corrected chi connectivity index (χ2v) is 6.51. The smallest absolute Gasteiger partial charge is 0.410 e. The predicted octanol–water partition coefficient (Wildman–Crippen LogP) is 2.39. The lowest BCUT2D eigenvalue weighted by Gasteiger charge is -2.35. The molecule has 0 aliphatic carbocycles. The number of ether oxygens (including phenoxy) is 1. The first kappa shape index (κ1) is 13.7. The van der Waals surface area contributed by atoms with Crippen molar-refractivity contribution in [3.63, 3.8) is 0 Å². The van der Waals surface area contributed by atoms with E-state index in [-0.39, 0.29) is 11.7 Å². The van der Waals surface area contributed by atoms with E-state index in [4.69, 9.17) is 4.74 Å². The van der Waals surface area contributed by atoms with E-state index < -0.39 is 0 Å². The van der Waals surface area contributed by atoms with Gasteiger partial charge in [0, 0.05) is 19.1 Å². The lowest BCUT2D eigenvalue weighted by Crippen LogP contribution is -2.45. The number of likely N-dealkylation sites (tertiary alicyclic amines) is 1. The van der Waals surface area contributed by atoms with Crippen molar-refractivity contribution in [3.8, 4) is 0 Å². The average Bonchev–Trinajstić information content (AvgIpc) is 2.80. The van der Waals surface area contributed by atoms with Crippen LogP contribution in [0.4, 0.5) is 4.79 Å². The van der Waals surface area contributed by atoms with Crippen LogP contribution in [0.2, 0.25) is 0 Å². The fourth-order valence-electron chi connectivity index (χ4n) is 2.92. The van der Waals surface area contributed by atoms with Crippen molar-refractivity contribution in [1.82, 2.24) is 10.2 Å². The monoisotopic (exact) mass is 254 g/mol. The first-order valence-electron chi connectivity index (χ1n) is 7.17. The Kier molecular flexibility index (Phi) is 4.15. The van der Waals surface area contributed by atoms with Gasteiger partial charge in [0.1, 0.15) is 5.60 Å². The first-order chi connectivity index (χ1) is 8.46. The van der Waals surface area contributed by atoms with Gasteiger partial charge >= 0.3 is 6.09 Å². The molecule has 1 unspecified atom stereocenters. The van der Waals surface area contributed by atoms with Gasteiger partial charge in [-0.1, -0.05) is 0 Å². The molecule has 4 nitrogen and oxygen atoms in total. The molecule has 104 valence electrons. The third kappa shape index (κ3) is 3.61. The Bertz CT molecular complexity index is 285. The van der Waals surface area contributed by atoms with E-state index in [2.05, 4.69) is 5.32 Å². The number of nitrogens with zero attached hydrogens (tertiary/aromatic N) is 1. The molecule has 2 heterocycles. The summed E-state index contributed by atoms with van der Waals surface area (Å²) in [6.45, 7) is 8.60. The van der Waals surface area contributed by atoms with Gasteiger partial charge in [-0.05, 0) is 58.9 Å². The summed E-state index contributed by atoms with van der Waals surface area (Å²) in [5.41, 5.74) is -0.388. The van der Waals surface area contributed by atoms with Crippen molar-refractivity contribution in [2.24, 2.45) is 5.92 Å². The average molecular weight is 254 g/mol. The molecule has 2 rings (SSSR count). The summed E-state index contributed by atoms with van der Waals surface area (Å²) < 4.78 is 5.41. The molecule has 0 aromatic heterocycles. The summed E-state index contributed by atoms with van der Waals surface area (Å²) in [6.07, 6.45) is 4.67. The van der Waals surface area contributed by atoms with Gasteiger partial charge in [0.25, 0.3) is 0 Å². The van der Waals surface area contributed by atoms with E-state index in [1.807, 2.05) is 25.7 Å². The maximum Gasteiger partial charge on any atom is 0.410 e. The van der Waals surface area contributed by atoms with Crippen molar-refractivity contribution in [2.75, 3.05) is 19.6 Å². The van der Waals surface area contributed by atoms with Crippen molar-refractivity contribution in [1.29, 1.82) is 0 Å². The van der Waals surface area contributed by atoms with E-state index in [0.717, 1.165) is 38.4 Å². The maximum atomic E-state index is 11.9. The maximum absolute atomic E-state index is 11.9. The highest BCUT2D eigenvalue weighted by atomic mass is 16.6. The van der Waals surface area contributed by atoms with E-state index in [0.29, 0.717) is 6.04 Å². The Labute approximate surface area is 110 Å². The Morgan fingerprint density at radius 3 is 2.39 bits per heavy atom. The normalized spacial score (nSPS) is 26.4. The lowest BCUT2D eigenvalue weighted by atomic mass is 9.89. The van der Waals surface area contributed by atoms with Crippen LogP contribution in [-0.2, 0) is 4.74 Å². The van der Waals surface area contributed by atoms with E-state index >= 15 is 0 Å². The highest BCUT2D eigenvalue weighted by molar-refractivity contribution is 5.68. The van der Waals surface area contributed by atoms with E-state index in [1.165, 1.54) is 12.8 Å². The largest absolute Gasteiger partial charge is 0.444 e. The van der Waals surface area contributed by atoms with Crippen LogP contribution in [0.1, 0.15) is 46.5 Å². The molecule has 0 aromatic rings. The van der Waals surface area contributed by atoms with Crippen molar-refractivity contribution < 1.29 is 9.53 Å². The van der Waals surface area contributed by atoms with Gasteiger partial charge in [-0.15, -0.1) is 0 Å². The molecule has 4 heteroatoms. The third-order valence-electron chi connectivity index (χ3n) is 3.86. The van der Waals surface area contributed by atoms with E-state index in [9.17, 15) is 4.79 Å². The summed E-state index contributed by atoms with van der Waals surface area (Å²) in [7, 11) is 0. The molecule has 0 bridgehead atoms. The highest BCUT2D eigenvalue weighted by Crippen LogP contribution is 2.26. The Morgan fingerprint density at radius 2 is 1.89 bits per heavy atom.